The minimum atomic E-state index is -4.55. The van der Waals surface area contributed by atoms with Crippen LogP contribution in [0.15, 0.2) is 55.1 Å². The second-order valence-corrected chi connectivity index (χ2v) is 8.51. The van der Waals surface area contributed by atoms with Crippen LogP contribution in [0, 0.1) is 6.92 Å². The first-order chi connectivity index (χ1) is 16.2. The molecule has 0 bridgehead atoms. The number of aryl methyl sites for hydroxylation is 1. The van der Waals surface area contributed by atoms with Crippen LogP contribution in [0.25, 0.3) is 11.0 Å². The summed E-state index contributed by atoms with van der Waals surface area (Å²) in [6.07, 6.45) is -0.181. The van der Waals surface area contributed by atoms with Gasteiger partial charge in [0.15, 0.2) is 0 Å². The van der Waals surface area contributed by atoms with Crippen LogP contribution in [0.4, 0.5) is 19.1 Å². The monoisotopic (exact) mass is 470 g/mol. The maximum absolute atomic E-state index is 13.1. The number of aromatic nitrogens is 2. The van der Waals surface area contributed by atoms with Gasteiger partial charge in [0, 0.05) is 17.6 Å². The molecule has 178 valence electrons. The Morgan fingerprint density at radius 2 is 1.94 bits per heavy atom. The molecule has 2 amide bonds. The molecular weight excluding hydrogens is 445 g/mol. The predicted octanol–water partition coefficient (Wildman–Crippen LogP) is 5.40. The third kappa shape index (κ3) is 4.83. The molecule has 1 heterocycles. The lowest BCUT2D eigenvalue weighted by Gasteiger charge is -2.32. The molecule has 2 N–H and O–H groups in total. The Kier molecular flexibility index (Phi) is 6.45. The normalized spacial score (nSPS) is 18.5. The Labute approximate surface area is 194 Å². The van der Waals surface area contributed by atoms with Crippen LogP contribution in [0.5, 0.6) is 0 Å². The van der Waals surface area contributed by atoms with Crippen molar-refractivity contribution in [1.82, 2.24) is 14.9 Å². The second kappa shape index (κ2) is 9.32. The maximum atomic E-state index is 13.1. The molecule has 6 nitrogen and oxygen atoms in total. The zero-order valence-corrected chi connectivity index (χ0v) is 18.7. The lowest BCUT2D eigenvalue weighted by molar-refractivity contribution is -0.137. The van der Waals surface area contributed by atoms with E-state index in [0.29, 0.717) is 11.9 Å². The van der Waals surface area contributed by atoms with Gasteiger partial charge in [-0.25, -0.2) is 4.98 Å². The van der Waals surface area contributed by atoms with Crippen molar-refractivity contribution in [2.75, 3.05) is 5.32 Å². The fourth-order valence-electron chi connectivity index (χ4n) is 4.56. The van der Waals surface area contributed by atoms with Crippen molar-refractivity contribution < 1.29 is 22.8 Å². The quantitative estimate of drug-likeness (QED) is 0.490. The molecule has 2 aromatic carbocycles. The van der Waals surface area contributed by atoms with Gasteiger partial charge in [0.2, 0.25) is 11.9 Å². The Morgan fingerprint density at radius 1 is 1.18 bits per heavy atom. The summed E-state index contributed by atoms with van der Waals surface area (Å²) in [4.78, 5) is 29.4. The summed E-state index contributed by atoms with van der Waals surface area (Å²) in [6.45, 7) is 5.44. The number of anilines is 1. The van der Waals surface area contributed by atoms with E-state index in [-0.39, 0.29) is 29.5 Å². The van der Waals surface area contributed by atoms with Crippen molar-refractivity contribution in [3.63, 3.8) is 0 Å². The number of nitrogens with zero attached hydrogens (tertiary/aromatic N) is 2. The van der Waals surface area contributed by atoms with Gasteiger partial charge in [-0.3, -0.25) is 14.9 Å². The number of carbonyl (C=O) groups excluding carboxylic acids is 2. The van der Waals surface area contributed by atoms with E-state index in [9.17, 15) is 22.8 Å². The second-order valence-electron chi connectivity index (χ2n) is 8.51. The number of para-hydroxylation sites is 1. The molecule has 2 unspecified atom stereocenters. The van der Waals surface area contributed by atoms with Crippen molar-refractivity contribution in [2.45, 2.75) is 50.9 Å². The average Bonchev–Trinajstić information content (AvgIpc) is 3.18. The lowest BCUT2D eigenvalue weighted by atomic mass is 9.90. The molecule has 2 atom stereocenters. The molecule has 1 fully saturated rings. The van der Waals surface area contributed by atoms with Gasteiger partial charge in [-0.15, -0.1) is 0 Å². The van der Waals surface area contributed by atoms with Crippen molar-refractivity contribution in [1.29, 1.82) is 0 Å². The van der Waals surface area contributed by atoms with E-state index in [0.717, 1.165) is 42.5 Å². The molecule has 4 rings (SSSR count). The maximum Gasteiger partial charge on any atom is 0.416 e. The highest BCUT2D eigenvalue weighted by Gasteiger charge is 2.32. The van der Waals surface area contributed by atoms with Crippen LogP contribution in [0.1, 0.15) is 53.2 Å². The van der Waals surface area contributed by atoms with Gasteiger partial charge in [0.05, 0.1) is 16.6 Å². The molecule has 34 heavy (non-hydrogen) atoms. The fourth-order valence-corrected chi connectivity index (χ4v) is 4.56. The number of rotatable bonds is 5. The summed E-state index contributed by atoms with van der Waals surface area (Å²) in [5.74, 6) is -0.643. The first kappa shape index (κ1) is 23.5. The SMILES string of the molecule is C=CC(=O)NC1CCCC(n2c(NC(=O)c3cccc(C(F)(F)F)c3)nc3cccc(C)c32)C1. The smallest absolute Gasteiger partial charge is 0.350 e. The first-order valence-electron chi connectivity index (χ1n) is 11.1. The number of nitrogens with one attached hydrogen (secondary N) is 2. The lowest BCUT2D eigenvalue weighted by Crippen LogP contribution is -2.38. The molecule has 1 saturated carbocycles. The van der Waals surface area contributed by atoms with E-state index in [1.54, 1.807) is 0 Å². The Hall–Kier alpha value is -3.62. The zero-order valence-electron chi connectivity index (χ0n) is 18.7. The predicted molar refractivity (Wildman–Crippen MR) is 123 cm³/mol. The highest BCUT2D eigenvalue weighted by molar-refractivity contribution is 6.04. The van der Waals surface area contributed by atoms with Crippen molar-refractivity contribution in [2.24, 2.45) is 0 Å². The number of hydrogen-bond donors (Lipinski definition) is 2. The molecule has 9 heteroatoms. The largest absolute Gasteiger partial charge is 0.416 e. The number of hydrogen-bond acceptors (Lipinski definition) is 3. The summed E-state index contributed by atoms with van der Waals surface area (Å²) >= 11 is 0. The number of carbonyl (C=O) groups is 2. The van der Waals surface area contributed by atoms with Gasteiger partial charge in [-0.05, 0) is 68.5 Å². The van der Waals surface area contributed by atoms with E-state index in [1.807, 2.05) is 29.7 Å². The van der Waals surface area contributed by atoms with Crippen LogP contribution in [-0.4, -0.2) is 27.4 Å². The Morgan fingerprint density at radius 3 is 2.68 bits per heavy atom. The van der Waals surface area contributed by atoms with E-state index >= 15 is 0 Å². The first-order valence-corrected chi connectivity index (χ1v) is 11.1. The van der Waals surface area contributed by atoms with Gasteiger partial charge in [0.1, 0.15) is 0 Å². The number of halogens is 3. The van der Waals surface area contributed by atoms with Crippen LogP contribution in [0.2, 0.25) is 0 Å². The van der Waals surface area contributed by atoms with E-state index in [1.165, 1.54) is 18.2 Å². The van der Waals surface area contributed by atoms with E-state index in [4.69, 9.17) is 0 Å². The zero-order chi connectivity index (χ0) is 24.5. The average molecular weight is 470 g/mol. The van der Waals surface area contributed by atoms with E-state index < -0.39 is 17.6 Å². The Bertz CT molecular complexity index is 1250. The molecule has 1 aromatic heterocycles. The number of benzene rings is 2. The molecule has 3 aromatic rings. The van der Waals surface area contributed by atoms with Gasteiger partial charge >= 0.3 is 6.18 Å². The standard InChI is InChI=1S/C25H25F3N4O2/c1-3-21(33)29-18-10-6-11-19(14-18)32-22-15(2)7-4-12-20(22)30-24(32)31-23(34)16-8-5-9-17(13-16)25(26,27)28/h3-5,7-9,12-13,18-19H,1,6,10-11,14H2,2H3,(H,29,33)(H,30,31,34). The fraction of sp³-hybridized carbons (Fsp3) is 0.320. The molecule has 0 aliphatic heterocycles. The van der Waals surface area contributed by atoms with Gasteiger partial charge < -0.3 is 9.88 Å². The summed E-state index contributed by atoms with van der Waals surface area (Å²) in [5.41, 5.74) is 1.49. The number of fused-ring (bicyclic) bond motifs is 1. The minimum Gasteiger partial charge on any atom is -0.350 e. The van der Waals surface area contributed by atoms with Crippen LogP contribution >= 0.6 is 0 Å². The molecule has 1 aliphatic rings. The molecule has 1 aliphatic carbocycles. The third-order valence-electron chi connectivity index (χ3n) is 6.13. The highest BCUT2D eigenvalue weighted by Crippen LogP contribution is 2.36. The van der Waals surface area contributed by atoms with Crippen molar-refractivity contribution in [3.05, 3.63) is 71.8 Å². The van der Waals surface area contributed by atoms with Crippen molar-refractivity contribution >= 4 is 28.8 Å². The molecular formula is C25H25F3N4O2. The van der Waals surface area contributed by atoms with Gasteiger partial charge in [-0.1, -0.05) is 24.8 Å². The van der Waals surface area contributed by atoms with Crippen molar-refractivity contribution in [3.8, 4) is 0 Å². The summed E-state index contributed by atoms with van der Waals surface area (Å²) in [6, 6.07) is 9.82. The van der Waals surface area contributed by atoms with Gasteiger partial charge in [0.25, 0.3) is 5.91 Å². The van der Waals surface area contributed by atoms with Crippen LogP contribution < -0.4 is 10.6 Å². The number of imidazole rings is 1. The summed E-state index contributed by atoms with van der Waals surface area (Å²) in [5, 5.41) is 5.67. The van der Waals surface area contributed by atoms with Crippen LogP contribution in [-0.2, 0) is 11.0 Å². The highest BCUT2D eigenvalue weighted by atomic mass is 19.4. The summed E-state index contributed by atoms with van der Waals surface area (Å²) in [7, 11) is 0. The number of amides is 2. The number of alkyl halides is 3. The van der Waals surface area contributed by atoms with E-state index in [2.05, 4.69) is 22.2 Å². The Balaban J connectivity index is 1.69. The topological polar surface area (TPSA) is 76.0 Å². The third-order valence-corrected chi connectivity index (χ3v) is 6.13. The minimum absolute atomic E-state index is 0.0577. The summed E-state index contributed by atoms with van der Waals surface area (Å²) < 4.78 is 41.3. The van der Waals surface area contributed by atoms with Crippen LogP contribution in [0.3, 0.4) is 0 Å². The molecule has 0 saturated heterocycles. The molecule has 0 radical (unpaired) electrons. The van der Waals surface area contributed by atoms with Gasteiger partial charge in [-0.2, -0.15) is 13.2 Å². The molecule has 0 spiro atoms.